The number of carboxylic acids is 1. The summed E-state index contributed by atoms with van der Waals surface area (Å²) >= 11 is 0. The molecule has 2 aliphatic rings. The van der Waals surface area contributed by atoms with Gasteiger partial charge in [-0.2, -0.15) is 0 Å². The summed E-state index contributed by atoms with van der Waals surface area (Å²) in [4.78, 5) is 20.1. The Morgan fingerprint density at radius 2 is 2.00 bits per heavy atom. The second-order valence-electron chi connectivity index (χ2n) is 6.79. The first-order valence-corrected chi connectivity index (χ1v) is 8.87. The van der Waals surface area contributed by atoms with Gasteiger partial charge in [-0.25, -0.2) is 0 Å². The standard InChI is InChI=1S/C18H27N3O3/c22-18(23)2-1-16-14-20(13-15-3-6-19-7-4-15)8-5-17(16)21-9-11-24-12-10-21/h3-4,6-7,16-17H,1-2,5,8-14H2,(H,22,23)/t16-,17+/m1/s1. The van der Waals surface area contributed by atoms with E-state index in [1.807, 2.05) is 12.4 Å². The molecule has 0 aromatic carbocycles. The van der Waals surface area contributed by atoms with Crippen molar-refractivity contribution in [2.45, 2.75) is 31.8 Å². The molecule has 3 rings (SSSR count). The Bertz CT molecular complexity index is 520. The molecule has 6 heteroatoms. The van der Waals surface area contributed by atoms with Crippen LogP contribution < -0.4 is 0 Å². The van der Waals surface area contributed by atoms with E-state index < -0.39 is 5.97 Å². The zero-order valence-electron chi connectivity index (χ0n) is 14.1. The maximum atomic E-state index is 11.0. The summed E-state index contributed by atoms with van der Waals surface area (Å²) in [7, 11) is 0. The second kappa shape index (κ2) is 8.55. The molecule has 0 bridgehead atoms. The second-order valence-corrected chi connectivity index (χ2v) is 6.79. The topological polar surface area (TPSA) is 65.9 Å². The molecule has 0 saturated carbocycles. The monoisotopic (exact) mass is 333 g/mol. The van der Waals surface area contributed by atoms with Gasteiger partial charge in [0, 0.05) is 51.0 Å². The Kier molecular flexibility index (Phi) is 6.18. The first kappa shape index (κ1) is 17.3. The van der Waals surface area contributed by atoms with E-state index in [1.54, 1.807) is 0 Å². The molecule has 2 saturated heterocycles. The van der Waals surface area contributed by atoms with Gasteiger partial charge in [-0.1, -0.05) is 0 Å². The van der Waals surface area contributed by atoms with Crippen molar-refractivity contribution in [2.24, 2.45) is 5.92 Å². The number of carboxylic acid groups (broad SMARTS) is 1. The highest BCUT2D eigenvalue weighted by Gasteiger charge is 2.34. The van der Waals surface area contributed by atoms with E-state index in [-0.39, 0.29) is 6.42 Å². The fourth-order valence-electron chi connectivity index (χ4n) is 3.97. The van der Waals surface area contributed by atoms with Crippen molar-refractivity contribution >= 4 is 5.97 Å². The molecule has 1 aromatic rings. The van der Waals surface area contributed by atoms with E-state index in [1.165, 1.54) is 5.56 Å². The van der Waals surface area contributed by atoms with E-state index in [9.17, 15) is 4.79 Å². The van der Waals surface area contributed by atoms with Crippen molar-refractivity contribution in [3.05, 3.63) is 30.1 Å². The molecule has 0 amide bonds. The highest BCUT2D eigenvalue weighted by atomic mass is 16.5. The zero-order valence-corrected chi connectivity index (χ0v) is 14.1. The van der Waals surface area contributed by atoms with Crippen LogP contribution >= 0.6 is 0 Å². The molecule has 0 spiro atoms. The number of hydrogen-bond donors (Lipinski definition) is 1. The molecule has 2 atom stereocenters. The van der Waals surface area contributed by atoms with Crippen molar-refractivity contribution in [2.75, 3.05) is 39.4 Å². The fraction of sp³-hybridized carbons (Fsp3) is 0.667. The number of carbonyl (C=O) groups is 1. The first-order valence-electron chi connectivity index (χ1n) is 8.87. The molecule has 1 aromatic heterocycles. The Morgan fingerprint density at radius 3 is 2.71 bits per heavy atom. The lowest BCUT2D eigenvalue weighted by Crippen LogP contribution is -2.53. The van der Waals surface area contributed by atoms with Crippen LogP contribution in [0.25, 0.3) is 0 Å². The zero-order chi connectivity index (χ0) is 16.8. The molecule has 3 heterocycles. The number of aliphatic carboxylic acids is 1. The number of aromatic nitrogens is 1. The number of nitrogens with zero attached hydrogens (tertiary/aromatic N) is 3. The largest absolute Gasteiger partial charge is 0.481 e. The van der Waals surface area contributed by atoms with Crippen LogP contribution in [0, 0.1) is 5.92 Å². The summed E-state index contributed by atoms with van der Waals surface area (Å²) in [6.45, 7) is 6.48. The molecule has 0 unspecified atom stereocenters. The van der Waals surface area contributed by atoms with Crippen LogP contribution in [0.3, 0.4) is 0 Å². The van der Waals surface area contributed by atoms with Gasteiger partial charge in [-0.3, -0.25) is 19.6 Å². The molecule has 24 heavy (non-hydrogen) atoms. The van der Waals surface area contributed by atoms with Crippen molar-refractivity contribution < 1.29 is 14.6 Å². The summed E-state index contributed by atoms with van der Waals surface area (Å²) in [5, 5.41) is 9.09. The number of ether oxygens (including phenoxy) is 1. The van der Waals surface area contributed by atoms with E-state index in [0.29, 0.717) is 12.0 Å². The molecule has 132 valence electrons. The molecular formula is C18H27N3O3. The lowest BCUT2D eigenvalue weighted by molar-refractivity contribution is -0.137. The van der Waals surface area contributed by atoms with E-state index in [0.717, 1.165) is 58.8 Å². The minimum Gasteiger partial charge on any atom is -0.481 e. The van der Waals surface area contributed by atoms with Crippen LogP contribution in [0.1, 0.15) is 24.8 Å². The Labute approximate surface area is 143 Å². The average Bonchev–Trinajstić information content (AvgIpc) is 2.62. The normalized spacial score (nSPS) is 26.3. The number of piperidine rings is 1. The van der Waals surface area contributed by atoms with Crippen molar-refractivity contribution in [1.82, 2.24) is 14.8 Å². The van der Waals surface area contributed by atoms with Gasteiger partial charge in [0.05, 0.1) is 13.2 Å². The van der Waals surface area contributed by atoms with Gasteiger partial charge < -0.3 is 9.84 Å². The smallest absolute Gasteiger partial charge is 0.303 e. The highest BCUT2D eigenvalue weighted by Crippen LogP contribution is 2.27. The molecule has 6 nitrogen and oxygen atoms in total. The first-order chi connectivity index (χ1) is 11.7. The Balaban J connectivity index is 1.62. The number of rotatable bonds is 6. The highest BCUT2D eigenvalue weighted by molar-refractivity contribution is 5.66. The van der Waals surface area contributed by atoms with Crippen molar-refractivity contribution in [3.63, 3.8) is 0 Å². The van der Waals surface area contributed by atoms with Gasteiger partial charge in [0.1, 0.15) is 0 Å². The molecule has 2 aliphatic heterocycles. The third-order valence-corrected chi connectivity index (χ3v) is 5.18. The molecule has 0 aliphatic carbocycles. The SMILES string of the molecule is O=C(O)CC[C@@H]1CN(Cc2ccncc2)CC[C@@H]1N1CCOCC1. The van der Waals surface area contributed by atoms with E-state index >= 15 is 0 Å². The molecule has 0 radical (unpaired) electrons. The van der Waals surface area contributed by atoms with Gasteiger partial charge in [-0.15, -0.1) is 0 Å². The summed E-state index contributed by atoms with van der Waals surface area (Å²) in [6, 6.07) is 4.60. The maximum absolute atomic E-state index is 11.0. The van der Waals surface area contributed by atoms with Gasteiger partial charge in [0.15, 0.2) is 0 Å². The van der Waals surface area contributed by atoms with Crippen LogP contribution in [0.5, 0.6) is 0 Å². The summed E-state index contributed by atoms with van der Waals surface area (Å²) in [5.41, 5.74) is 1.27. The number of pyridine rings is 1. The van der Waals surface area contributed by atoms with Gasteiger partial charge >= 0.3 is 5.97 Å². The fourth-order valence-corrected chi connectivity index (χ4v) is 3.97. The van der Waals surface area contributed by atoms with Crippen LogP contribution in [0.4, 0.5) is 0 Å². The van der Waals surface area contributed by atoms with Crippen LogP contribution in [0.2, 0.25) is 0 Å². The average molecular weight is 333 g/mol. The van der Waals surface area contributed by atoms with Crippen molar-refractivity contribution in [1.29, 1.82) is 0 Å². The van der Waals surface area contributed by atoms with E-state index in [2.05, 4.69) is 26.9 Å². The summed E-state index contributed by atoms with van der Waals surface area (Å²) in [6.07, 6.45) is 5.78. The third kappa shape index (κ3) is 4.75. The van der Waals surface area contributed by atoms with E-state index in [4.69, 9.17) is 9.84 Å². The van der Waals surface area contributed by atoms with Gasteiger partial charge in [0.2, 0.25) is 0 Å². The number of hydrogen-bond acceptors (Lipinski definition) is 5. The van der Waals surface area contributed by atoms with Crippen LogP contribution in [0.15, 0.2) is 24.5 Å². The molecular weight excluding hydrogens is 306 g/mol. The summed E-state index contributed by atoms with van der Waals surface area (Å²) in [5.74, 6) is -0.281. The van der Waals surface area contributed by atoms with Crippen molar-refractivity contribution in [3.8, 4) is 0 Å². The minimum atomic E-state index is -0.693. The predicted molar refractivity (Wildman–Crippen MR) is 90.7 cm³/mol. The van der Waals surface area contributed by atoms with Gasteiger partial charge in [-0.05, 0) is 43.0 Å². The van der Waals surface area contributed by atoms with Gasteiger partial charge in [0.25, 0.3) is 0 Å². The third-order valence-electron chi connectivity index (χ3n) is 5.18. The Morgan fingerprint density at radius 1 is 1.25 bits per heavy atom. The molecule has 2 fully saturated rings. The Hall–Kier alpha value is -1.50. The lowest BCUT2D eigenvalue weighted by Gasteiger charge is -2.45. The number of morpholine rings is 1. The maximum Gasteiger partial charge on any atom is 0.303 e. The predicted octanol–water partition coefficient (Wildman–Crippen LogP) is 1.47. The minimum absolute atomic E-state index is 0.259. The van der Waals surface area contributed by atoms with Crippen LogP contribution in [-0.2, 0) is 16.1 Å². The number of likely N-dealkylation sites (tertiary alicyclic amines) is 1. The lowest BCUT2D eigenvalue weighted by atomic mass is 9.86. The van der Waals surface area contributed by atoms with Crippen LogP contribution in [-0.4, -0.2) is 71.3 Å². The molecule has 1 N–H and O–H groups in total. The quantitative estimate of drug-likeness (QED) is 0.850. The summed E-state index contributed by atoms with van der Waals surface area (Å²) < 4.78 is 5.47.